The summed E-state index contributed by atoms with van der Waals surface area (Å²) in [6.45, 7) is -0.213. The van der Waals surface area contributed by atoms with Crippen LogP contribution in [0, 0.1) is 0 Å². The van der Waals surface area contributed by atoms with Crippen LogP contribution in [0.4, 0.5) is 0 Å². The lowest BCUT2D eigenvalue weighted by atomic mass is 10.5. The third kappa shape index (κ3) is 3.71. The van der Waals surface area contributed by atoms with Gasteiger partial charge in [-0.1, -0.05) is 0 Å². The molecule has 0 unspecified atom stereocenters. The fourth-order valence-corrected chi connectivity index (χ4v) is 1.09. The predicted octanol–water partition coefficient (Wildman–Crippen LogP) is -1.60. The molecule has 0 heterocycles. The van der Waals surface area contributed by atoms with Gasteiger partial charge in [0.05, 0.1) is 6.54 Å². The van der Waals surface area contributed by atoms with Gasteiger partial charge in [0.25, 0.3) is 10.2 Å². The first-order valence-electron chi connectivity index (χ1n) is 3.93. The molecule has 0 aliphatic heterocycles. The number of likely N-dealkylation sites (N-methyl/N-ethyl adjacent to an activating group) is 1. The highest BCUT2D eigenvalue weighted by Gasteiger charge is 2.24. The van der Waals surface area contributed by atoms with Gasteiger partial charge in [-0.05, 0) is 12.8 Å². The van der Waals surface area contributed by atoms with Gasteiger partial charge in [-0.2, -0.15) is 12.7 Å². The number of nitrogens with zero attached hydrogens (tertiary/aromatic N) is 1. The first kappa shape index (κ1) is 10.4. The maximum absolute atomic E-state index is 11.1. The molecule has 13 heavy (non-hydrogen) atoms. The molecule has 0 saturated heterocycles. The van der Waals surface area contributed by atoms with E-state index in [1.54, 1.807) is 0 Å². The Bertz CT molecular complexity index is 296. The van der Waals surface area contributed by atoms with Crippen LogP contribution in [-0.2, 0) is 15.0 Å². The quantitative estimate of drug-likeness (QED) is 0.581. The van der Waals surface area contributed by atoms with E-state index in [0.29, 0.717) is 0 Å². The van der Waals surface area contributed by atoms with E-state index in [9.17, 15) is 13.2 Å². The fraction of sp³-hybridized carbons (Fsp3) is 0.833. The van der Waals surface area contributed by atoms with Crippen LogP contribution in [0.2, 0.25) is 0 Å². The molecule has 1 aliphatic rings. The van der Waals surface area contributed by atoms with Crippen molar-refractivity contribution in [1.82, 2.24) is 9.62 Å². The summed E-state index contributed by atoms with van der Waals surface area (Å²) in [5, 5.41) is 7.45. The molecule has 6 nitrogen and oxygen atoms in total. The highest BCUT2D eigenvalue weighted by molar-refractivity contribution is 7.86. The SMILES string of the molecule is CN(CC(=O)NC1CC1)S(N)(=O)=O. The number of amides is 1. The van der Waals surface area contributed by atoms with Crippen molar-refractivity contribution in [1.29, 1.82) is 0 Å². The highest BCUT2D eigenvalue weighted by Crippen LogP contribution is 2.18. The summed E-state index contributed by atoms with van der Waals surface area (Å²) in [5.41, 5.74) is 0. The topological polar surface area (TPSA) is 92.5 Å². The summed E-state index contributed by atoms with van der Waals surface area (Å²) < 4.78 is 22.2. The number of nitrogens with one attached hydrogen (secondary N) is 1. The molecule has 0 spiro atoms. The van der Waals surface area contributed by atoms with Crippen LogP contribution >= 0.6 is 0 Å². The van der Waals surface area contributed by atoms with Gasteiger partial charge in [-0.3, -0.25) is 4.79 Å². The molecule has 1 aliphatic carbocycles. The van der Waals surface area contributed by atoms with Crippen LogP contribution in [0.5, 0.6) is 0 Å². The van der Waals surface area contributed by atoms with E-state index in [1.807, 2.05) is 0 Å². The normalized spacial score (nSPS) is 17.5. The van der Waals surface area contributed by atoms with Crippen molar-refractivity contribution in [2.75, 3.05) is 13.6 Å². The fourth-order valence-electron chi connectivity index (χ4n) is 0.793. The zero-order valence-corrected chi connectivity index (χ0v) is 8.17. The minimum Gasteiger partial charge on any atom is -0.352 e. The highest BCUT2D eigenvalue weighted by atomic mass is 32.2. The molecule has 0 aromatic heterocycles. The lowest BCUT2D eigenvalue weighted by molar-refractivity contribution is -0.121. The van der Waals surface area contributed by atoms with Crippen LogP contribution in [0.15, 0.2) is 0 Å². The molecular formula is C6H13N3O3S. The molecule has 7 heteroatoms. The number of hydrogen-bond acceptors (Lipinski definition) is 3. The maximum atomic E-state index is 11.1. The van der Waals surface area contributed by atoms with Gasteiger partial charge in [0, 0.05) is 13.1 Å². The Morgan fingerprint density at radius 1 is 1.62 bits per heavy atom. The second kappa shape index (κ2) is 3.60. The molecule has 1 amide bonds. The third-order valence-electron chi connectivity index (χ3n) is 1.74. The largest absolute Gasteiger partial charge is 0.352 e. The van der Waals surface area contributed by atoms with Crippen LogP contribution < -0.4 is 10.5 Å². The van der Waals surface area contributed by atoms with Crippen molar-refractivity contribution in [3.63, 3.8) is 0 Å². The van der Waals surface area contributed by atoms with Crippen LogP contribution in [0.3, 0.4) is 0 Å². The van der Waals surface area contributed by atoms with Gasteiger partial charge in [0.15, 0.2) is 0 Å². The zero-order chi connectivity index (χ0) is 10.1. The smallest absolute Gasteiger partial charge is 0.277 e. The molecule has 1 rings (SSSR count). The average Bonchev–Trinajstić information content (AvgIpc) is 2.68. The van der Waals surface area contributed by atoms with Crippen molar-refractivity contribution >= 4 is 16.1 Å². The lowest BCUT2D eigenvalue weighted by Crippen LogP contribution is -2.41. The first-order chi connectivity index (χ1) is 5.89. The molecule has 0 atom stereocenters. The molecule has 0 aromatic rings. The monoisotopic (exact) mass is 207 g/mol. The summed E-state index contributed by atoms with van der Waals surface area (Å²) >= 11 is 0. The Labute approximate surface area is 77.3 Å². The number of carbonyl (C=O) groups excluding carboxylic acids is 1. The standard InChI is InChI=1S/C6H13N3O3S/c1-9(13(7,11)12)4-6(10)8-5-2-3-5/h5H,2-4H2,1H3,(H,8,10)(H2,7,11,12). The Kier molecular flexibility index (Phi) is 2.89. The summed E-state index contributed by atoms with van der Waals surface area (Å²) in [4.78, 5) is 11.1. The summed E-state index contributed by atoms with van der Waals surface area (Å²) in [7, 11) is -2.48. The van der Waals surface area contributed by atoms with Gasteiger partial charge in [-0.15, -0.1) is 0 Å². The van der Waals surface area contributed by atoms with Gasteiger partial charge in [0.1, 0.15) is 0 Å². The van der Waals surface area contributed by atoms with Crippen LogP contribution in [-0.4, -0.2) is 38.3 Å². The van der Waals surface area contributed by atoms with Crippen molar-refractivity contribution in [2.45, 2.75) is 18.9 Å². The van der Waals surface area contributed by atoms with Crippen molar-refractivity contribution in [2.24, 2.45) is 5.14 Å². The molecule has 76 valence electrons. The second-order valence-corrected chi connectivity index (χ2v) is 4.80. The minimum atomic E-state index is -3.74. The molecule has 0 radical (unpaired) electrons. The van der Waals surface area contributed by atoms with Gasteiger partial charge in [-0.25, -0.2) is 5.14 Å². The van der Waals surface area contributed by atoms with Gasteiger partial charge >= 0.3 is 0 Å². The van der Waals surface area contributed by atoms with Crippen molar-refractivity contribution < 1.29 is 13.2 Å². The Morgan fingerprint density at radius 3 is 2.54 bits per heavy atom. The molecule has 0 aromatic carbocycles. The predicted molar refractivity (Wildman–Crippen MR) is 46.9 cm³/mol. The summed E-state index contributed by atoms with van der Waals surface area (Å²) in [6, 6.07) is 0.237. The van der Waals surface area contributed by atoms with Crippen LogP contribution in [0.1, 0.15) is 12.8 Å². The number of hydrogen-bond donors (Lipinski definition) is 2. The number of carbonyl (C=O) groups is 1. The van der Waals surface area contributed by atoms with Gasteiger partial charge in [0.2, 0.25) is 5.91 Å². The van der Waals surface area contributed by atoms with E-state index in [-0.39, 0.29) is 18.5 Å². The van der Waals surface area contributed by atoms with E-state index in [4.69, 9.17) is 5.14 Å². The first-order valence-corrected chi connectivity index (χ1v) is 5.43. The minimum absolute atomic E-state index is 0.213. The third-order valence-corrected chi connectivity index (χ3v) is 2.74. The summed E-state index contributed by atoms with van der Waals surface area (Å²) in [5.74, 6) is -0.306. The lowest BCUT2D eigenvalue weighted by Gasteiger charge is -2.12. The maximum Gasteiger partial charge on any atom is 0.277 e. The van der Waals surface area contributed by atoms with E-state index < -0.39 is 10.2 Å². The molecule has 1 saturated carbocycles. The molecule has 1 fully saturated rings. The Balaban J connectivity index is 2.34. The number of nitrogens with two attached hydrogens (primary N) is 1. The van der Waals surface area contributed by atoms with Gasteiger partial charge < -0.3 is 5.32 Å². The Morgan fingerprint density at radius 2 is 2.15 bits per heavy atom. The Hall–Kier alpha value is -0.660. The average molecular weight is 207 g/mol. The van der Waals surface area contributed by atoms with E-state index in [1.165, 1.54) is 7.05 Å². The molecule has 0 bridgehead atoms. The molecular weight excluding hydrogens is 194 g/mol. The van der Waals surface area contributed by atoms with E-state index >= 15 is 0 Å². The van der Waals surface area contributed by atoms with Crippen molar-refractivity contribution in [3.05, 3.63) is 0 Å². The zero-order valence-electron chi connectivity index (χ0n) is 7.36. The summed E-state index contributed by atoms with van der Waals surface area (Å²) in [6.07, 6.45) is 1.95. The van der Waals surface area contributed by atoms with E-state index in [2.05, 4.69) is 5.32 Å². The second-order valence-electron chi connectivity index (χ2n) is 3.14. The van der Waals surface area contributed by atoms with Crippen molar-refractivity contribution in [3.8, 4) is 0 Å². The van der Waals surface area contributed by atoms with E-state index in [0.717, 1.165) is 17.1 Å². The molecule has 3 N–H and O–H groups in total. The van der Waals surface area contributed by atoms with Crippen LogP contribution in [0.25, 0.3) is 0 Å². The number of rotatable bonds is 4.